The topological polar surface area (TPSA) is 30.5 Å². The highest BCUT2D eigenvalue weighted by Crippen LogP contribution is 2.36. The number of fused-ring (bicyclic) bond motifs is 1. The number of benzene rings is 3. The molecule has 0 aromatic heterocycles. The van der Waals surface area contributed by atoms with Gasteiger partial charge < -0.3 is 14.8 Å². The van der Waals surface area contributed by atoms with E-state index < -0.39 is 0 Å². The Hall–Kier alpha value is -2.94. The Balaban J connectivity index is 1.54. The maximum absolute atomic E-state index is 5.46. The predicted octanol–water partition coefficient (Wildman–Crippen LogP) is 4.69. The van der Waals surface area contributed by atoms with Crippen LogP contribution in [0.3, 0.4) is 0 Å². The van der Waals surface area contributed by atoms with E-state index in [-0.39, 0.29) is 0 Å². The minimum Gasteiger partial charge on any atom is -0.454 e. The van der Waals surface area contributed by atoms with Gasteiger partial charge in [-0.25, -0.2) is 0 Å². The molecule has 0 saturated heterocycles. The molecule has 0 spiro atoms. The minimum absolute atomic E-state index is 0.303. The molecule has 0 unspecified atom stereocenters. The molecule has 0 amide bonds. The molecule has 0 radical (unpaired) electrons. The maximum Gasteiger partial charge on any atom is 0.231 e. The third kappa shape index (κ3) is 2.99. The second kappa shape index (κ2) is 6.05. The van der Waals surface area contributed by atoms with Crippen molar-refractivity contribution in [2.75, 3.05) is 12.1 Å². The van der Waals surface area contributed by atoms with Crippen LogP contribution in [0.15, 0.2) is 72.8 Å². The molecule has 0 fully saturated rings. The van der Waals surface area contributed by atoms with Crippen molar-refractivity contribution in [2.45, 2.75) is 6.54 Å². The molecule has 0 atom stereocenters. The first-order chi connectivity index (χ1) is 11.4. The quantitative estimate of drug-likeness (QED) is 0.758. The van der Waals surface area contributed by atoms with Crippen LogP contribution < -0.4 is 14.8 Å². The van der Waals surface area contributed by atoms with Crippen LogP contribution in [-0.2, 0) is 6.54 Å². The zero-order valence-corrected chi connectivity index (χ0v) is 12.7. The molecule has 1 heterocycles. The molecule has 4 rings (SSSR count). The molecule has 3 aromatic carbocycles. The van der Waals surface area contributed by atoms with Crippen LogP contribution in [0.5, 0.6) is 11.5 Å². The molecule has 23 heavy (non-hydrogen) atoms. The highest BCUT2D eigenvalue weighted by Gasteiger charge is 2.13. The Bertz CT molecular complexity index is 815. The van der Waals surface area contributed by atoms with Gasteiger partial charge in [-0.15, -0.1) is 0 Å². The molecule has 1 aliphatic heterocycles. The number of nitrogens with one attached hydrogen (secondary N) is 1. The minimum atomic E-state index is 0.303. The van der Waals surface area contributed by atoms with Crippen molar-refractivity contribution < 1.29 is 9.47 Å². The number of anilines is 1. The van der Waals surface area contributed by atoms with Crippen molar-refractivity contribution in [1.82, 2.24) is 0 Å². The molecule has 0 bridgehead atoms. The molecule has 1 aliphatic rings. The lowest BCUT2D eigenvalue weighted by Gasteiger charge is -2.09. The fourth-order valence-corrected chi connectivity index (χ4v) is 2.68. The van der Waals surface area contributed by atoms with Gasteiger partial charge in [0.2, 0.25) is 6.79 Å². The van der Waals surface area contributed by atoms with Crippen molar-refractivity contribution in [2.24, 2.45) is 0 Å². The van der Waals surface area contributed by atoms with E-state index in [4.69, 9.17) is 9.47 Å². The van der Waals surface area contributed by atoms with Crippen LogP contribution >= 0.6 is 0 Å². The van der Waals surface area contributed by atoms with E-state index in [1.54, 1.807) is 0 Å². The van der Waals surface area contributed by atoms with Crippen molar-refractivity contribution in [3.8, 4) is 22.6 Å². The highest BCUT2D eigenvalue weighted by molar-refractivity contribution is 5.71. The van der Waals surface area contributed by atoms with Gasteiger partial charge in [0.1, 0.15) is 0 Å². The molecule has 0 aliphatic carbocycles. The first kappa shape index (κ1) is 13.7. The van der Waals surface area contributed by atoms with E-state index in [9.17, 15) is 0 Å². The summed E-state index contributed by atoms with van der Waals surface area (Å²) in [6, 6.07) is 24.8. The van der Waals surface area contributed by atoms with Gasteiger partial charge >= 0.3 is 0 Å². The molecular formula is C20H17NO2. The standard InChI is InChI=1S/C20H17NO2/c1-2-5-15(6-3-1)13-21-18-8-4-7-16(11-18)17-9-10-19-20(12-17)23-14-22-19/h1-12,21H,13-14H2. The van der Waals surface area contributed by atoms with E-state index in [0.29, 0.717) is 6.79 Å². The van der Waals surface area contributed by atoms with E-state index in [2.05, 4.69) is 59.9 Å². The number of hydrogen-bond donors (Lipinski definition) is 1. The zero-order valence-electron chi connectivity index (χ0n) is 12.7. The Morgan fingerprint density at radius 2 is 1.57 bits per heavy atom. The predicted molar refractivity (Wildman–Crippen MR) is 91.8 cm³/mol. The molecule has 3 aromatic rings. The summed E-state index contributed by atoms with van der Waals surface area (Å²) in [6.07, 6.45) is 0. The molecule has 0 saturated carbocycles. The molecule has 3 heteroatoms. The Labute approximate surface area is 135 Å². The van der Waals surface area contributed by atoms with Gasteiger partial charge in [0.25, 0.3) is 0 Å². The summed E-state index contributed by atoms with van der Waals surface area (Å²) in [7, 11) is 0. The molecule has 114 valence electrons. The first-order valence-electron chi connectivity index (χ1n) is 7.66. The fourth-order valence-electron chi connectivity index (χ4n) is 2.68. The van der Waals surface area contributed by atoms with Crippen molar-refractivity contribution in [3.05, 3.63) is 78.4 Å². The van der Waals surface area contributed by atoms with E-state index in [0.717, 1.165) is 34.9 Å². The normalized spacial score (nSPS) is 12.2. The molecular weight excluding hydrogens is 286 g/mol. The zero-order chi connectivity index (χ0) is 15.5. The smallest absolute Gasteiger partial charge is 0.231 e. The summed E-state index contributed by atoms with van der Waals surface area (Å²) in [6.45, 7) is 1.11. The van der Waals surface area contributed by atoms with E-state index in [1.165, 1.54) is 5.56 Å². The van der Waals surface area contributed by atoms with Gasteiger partial charge in [0.15, 0.2) is 11.5 Å². The number of ether oxygens (including phenoxy) is 2. The van der Waals surface area contributed by atoms with Gasteiger partial charge in [0, 0.05) is 12.2 Å². The summed E-state index contributed by atoms with van der Waals surface area (Å²) in [5, 5.41) is 3.47. The summed E-state index contributed by atoms with van der Waals surface area (Å²) < 4.78 is 10.8. The van der Waals surface area contributed by atoms with Gasteiger partial charge in [0.05, 0.1) is 0 Å². The summed E-state index contributed by atoms with van der Waals surface area (Å²) in [4.78, 5) is 0. The Morgan fingerprint density at radius 1 is 0.739 bits per heavy atom. The van der Waals surface area contributed by atoms with Crippen LogP contribution in [0.2, 0.25) is 0 Å². The highest BCUT2D eigenvalue weighted by atomic mass is 16.7. The average molecular weight is 303 g/mol. The van der Waals surface area contributed by atoms with Crippen LogP contribution in [0.25, 0.3) is 11.1 Å². The van der Waals surface area contributed by atoms with Crippen LogP contribution in [0.1, 0.15) is 5.56 Å². The summed E-state index contributed by atoms with van der Waals surface area (Å²) in [5.74, 6) is 1.62. The Kier molecular flexibility index (Phi) is 3.60. The summed E-state index contributed by atoms with van der Waals surface area (Å²) >= 11 is 0. The second-order valence-corrected chi connectivity index (χ2v) is 5.49. The fraction of sp³-hybridized carbons (Fsp3) is 0.100. The SMILES string of the molecule is c1ccc(CNc2cccc(-c3ccc4c(c3)OCO4)c2)cc1. The van der Waals surface area contributed by atoms with E-state index in [1.807, 2.05) is 18.2 Å². The number of hydrogen-bond acceptors (Lipinski definition) is 3. The van der Waals surface area contributed by atoms with Gasteiger partial charge in [-0.05, 0) is 41.0 Å². The van der Waals surface area contributed by atoms with E-state index >= 15 is 0 Å². The van der Waals surface area contributed by atoms with Gasteiger partial charge in [-0.3, -0.25) is 0 Å². The largest absolute Gasteiger partial charge is 0.454 e. The van der Waals surface area contributed by atoms with Gasteiger partial charge in [-0.1, -0.05) is 48.5 Å². The monoisotopic (exact) mass is 303 g/mol. The number of rotatable bonds is 4. The first-order valence-corrected chi connectivity index (χ1v) is 7.66. The van der Waals surface area contributed by atoms with Gasteiger partial charge in [-0.2, -0.15) is 0 Å². The second-order valence-electron chi connectivity index (χ2n) is 5.49. The third-order valence-corrected chi connectivity index (χ3v) is 3.91. The lowest BCUT2D eigenvalue weighted by molar-refractivity contribution is 0.174. The molecule has 3 nitrogen and oxygen atoms in total. The van der Waals surface area contributed by atoms with Crippen molar-refractivity contribution in [1.29, 1.82) is 0 Å². The lowest BCUT2D eigenvalue weighted by Crippen LogP contribution is -1.98. The van der Waals surface area contributed by atoms with Crippen molar-refractivity contribution >= 4 is 5.69 Å². The average Bonchev–Trinajstić information content (AvgIpc) is 3.09. The van der Waals surface area contributed by atoms with Crippen LogP contribution in [0, 0.1) is 0 Å². The van der Waals surface area contributed by atoms with Crippen molar-refractivity contribution in [3.63, 3.8) is 0 Å². The van der Waals surface area contributed by atoms with Crippen LogP contribution in [-0.4, -0.2) is 6.79 Å². The molecule has 1 N–H and O–H groups in total. The third-order valence-electron chi connectivity index (χ3n) is 3.91. The lowest BCUT2D eigenvalue weighted by atomic mass is 10.0. The summed E-state index contributed by atoms with van der Waals surface area (Å²) in [5.41, 5.74) is 4.64. The van der Waals surface area contributed by atoms with Crippen LogP contribution in [0.4, 0.5) is 5.69 Å². The maximum atomic E-state index is 5.46. The Morgan fingerprint density at radius 3 is 2.48 bits per heavy atom.